The maximum absolute atomic E-state index is 7.17. The summed E-state index contributed by atoms with van der Waals surface area (Å²) >= 11 is 0. The smallest absolute Gasteiger partial charge is 0.0278 e. The van der Waals surface area contributed by atoms with Crippen molar-refractivity contribution in [2.24, 2.45) is 10.9 Å². The van der Waals surface area contributed by atoms with Crippen molar-refractivity contribution < 1.29 is 0 Å². The Hall–Kier alpha value is -1.70. The summed E-state index contributed by atoms with van der Waals surface area (Å²) in [6.07, 6.45) is 18.2. The highest BCUT2D eigenvalue weighted by atomic mass is 14.6. The number of hydrogen-bond donors (Lipinski definition) is 1. The fraction of sp³-hybridized carbons (Fsp3) is 0.375. The van der Waals surface area contributed by atoms with Crippen LogP contribution in [0.3, 0.4) is 0 Å². The Morgan fingerprint density at radius 3 is 2.94 bits per heavy atom. The van der Waals surface area contributed by atoms with E-state index in [1.807, 2.05) is 0 Å². The lowest BCUT2D eigenvalue weighted by Crippen LogP contribution is -1.98. The molecule has 0 aliphatic heterocycles. The topological polar surface area (TPSA) is 36.2 Å². The van der Waals surface area contributed by atoms with Gasteiger partial charge < -0.3 is 5.41 Å². The first kappa shape index (κ1) is 14.4. The van der Waals surface area contributed by atoms with Gasteiger partial charge in [-0.3, -0.25) is 4.99 Å². The van der Waals surface area contributed by atoms with Crippen molar-refractivity contribution in [1.29, 1.82) is 5.41 Å². The molecular weight excluding hydrogens is 220 g/mol. The lowest BCUT2D eigenvalue weighted by Gasteiger charge is -2.13. The molecule has 0 fully saturated rings. The second-order valence-corrected chi connectivity index (χ2v) is 4.45. The Balaban J connectivity index is 2.54. The van der Waals surface area contributed by atoms with Gasteiger partial charge in [0, 0.05) is 19.5 Å². The molecule has 18 heavy (non-hydrogen) atoms. The number of aliphatic imine (C=N–C) groups is 1. The average Bonchev–Trinajstić information content (AvgIpc) is 2.39. The molecule has 1 rings (SSSR count). The lowest BCUT2D eigenvalue weighted by atomic mass is 9.93. The minimum atomic E-state index is 0.671. The number of rotatable bonds is 6. The van der Waals surface area contributed by atoms with E-state index < -0.39 is 0 Å². The fourth-order valence-corrected chi connectivity index (χ4v) is 2.02. The number of nitrogens with zero attached hydrogens (tertiary/aromatic N) is 1. The normalized spacial score (nSPS) is 20.7. The van der Waals surface area contributed by atoms with Crippen LogP contribution in [0.15, 0.2) is 53.1 Å². The summed E-state index contributed by atoms with van der Waals surface area (Å²) in [6.45, 7) is 3.96. The third-order valence-corrected chi connectivity index (χ3v) is 3.04. The minimum absolute atomic E-state index is 0.671. The molecule has 0 saturated heterocycles. The molecule has 2 heteroatoms. The second kappa shape index (κ2) is 8.40. The van der Waals surface area contributed by atoms with E-state index in [1.54, 1.807) is 19.3 Å². The molecule has 2 nitrogen and oxygen atoms in total. The molecule has 1 unspecified atom stereocenters. The number of allylic oxidation sites excluding steroid dienone is 7. The van der Waals surface area contributed by atoms with Crippen LogP contribution in [-0.2, 0) is 0 Å². The zero-order valence-corrected chi connectivity index (χ0v) is 11.1. The van der Waals surface area contributed by atoms with Gasteiger partial charge in [-0.1, -0.05) is 30.9 Å². The van der Waals surface area contributed by atoms with E-state index in [0.29, 0.717) is 5.92 Å². The van der Waals surface area contributed by atoms with Gasteiger partial charge in [0.25, 0.3) is 0 Å². The van der Waals surface area contributed by atoms with Gasteiger partial charge >= 0.3 is 0 Å². The van der Waals surface area contributed by atoms with Crippen LogP contribution in [0.5, 0.6) is 0 Å². The molecule has 1 atom stereocenters. The van der Waals surface area contributed by atoms with Crippen molar-refractivity contribution in [1.82, 2.24) is 0 Å². The van der Waals surface area contributed by atoms with Crippen LogP contribution >= 0.6 is 0 Å². The van der Waals surface area contributed by atoms with E-state index >= 15 is 0 Å². The third-order valence-electron chi connectivity index (χ3n) is 3.04. The number of nitrogens with one attached hydrogen (secondary N) is 1. The first-order chi connectivity index (χ1) is 8.77. The molecule has 0 saturated carbocycles. The molecule has 0 amide bonds. The van der Waals surface area contributed by atoms with Crippen LogP contribution in [0.25, 0.3) is 0 Å². The van der Waals surface area contributed by atoms with Gasteiger partial charge in [-0.2, -0.15) is 0 Å². The van der Waals surface area contributed by atoms with Gasteiger partial charge in [0.05, 0.1) is 0 Å². The van der Waals surface area contributed by atoms with E-state index in [0.717, 1.165) is 24.0 Å². The van der Waals surface area contributed by atoms with Crippen molar-refractivity contribution >= 4 is 12.4 Å². The predicted octanol–water partition coefficient (Wildman–Crippen LogP) is 4.12. The molecule has 0 aromatic heterocycles. The molecule has 0 aromatic carbocycles. The van der Waals surface area contributed by atoms with Crippen molar-refractivity contribution in [2.75, 3.05) is 7.05 Å². The standard InChI is InChI=1S/C16H22N2/c1-14(13-18-2)16(11-12-17)10-6-9-15-7-4-3-5-8-15/h3-4,6,9,11-13,15,17H,1,5,7-8,10H2,2H3/b9-6?,16-11+,17-12?,18-13+. The van der Waals surface area contributed by atoms with Crippen molar-refractivity contribution in [3.8, 4) is 0 Å². The summed E-state index contributed by atoms with van der Waals surface area (Å²) in [5.74, 6) is 0.671. The summed E-state index contributed by atoms with van der Waals surface area (Å²) in [6, 6.07) is 0. The summed E-state index contributed by atoms with van der Waals surface area (Å²) in [7, 11) is 1.73. The van der Waals surface area contributed by atoms with Crippen LogP contribution in [0.2, 0.25) is 0 Å². The first-order valence-electron chi connectivity index (χ1n) is 6.40. The molecule has 0 aromatic rings. The summed E-state index contributed by atoms with van der Waals surface area (Å²) in [5, 5.41) is 7.17. The molecule has 0 radical (unpaired) electrons. The molecule has 1 N–H and O–H groups in total. The van der Waals surface area contributed by atoms with E-state index in [9.17, 15) is 0 Å². The highest BCUT2D eigenvalue weighted by molar-refractivity contribution is 5.86. The minimum Gasteiger partial charge on any atom is -0.309 e. The van der Waals surface area contributed by atoms with Crippen molar-refractivity contribution in [3.05, 3.63) is 48.1 Å². The fourth-order valence-electron chi connectivity index (χ4n) is 2.02. The number of hydrogen-bond acceptors (Lipinski definition) is 2. The van der Waals surface area contributed by atoms with Gasteiger partial charge in [0.2, 0.25) is 0 Å². The van der Waals surface area contributed by atoms with Crippen LogP contribution in [0.1, 0.15) is 25.7 Å². The maximum Gasteiger partial charge on any atom is 0.0278 e. The Kier molecular flexibility index (Phi) is 6.70. The molecule has 0 spiro atoms. The Bertz CT molecular complexity index is 397. The monoisotopic (exact) mass is 242 g/mol. The molecule has 96 valence electrons. The van der Waals surface area contributed by atoms with Gasteiger partial charge in [0.1, 0.15) is 0 Å². The third kappa shape index (κ3) is 5.09. The molecule has 1 aliphatic rings. The van der Waals surface area contributed by atoms with Gasteiger partial charge in [0.15, 0.2) is 0 Å². The predicted molar refractivity (Wildman–Crippen MR) is 80.7 cm³/mol. The zero-order valence-electron chi connectivity index (χ0n) is 11.1. The van der Waals surface area contributed by atoms with Crippen molar-refractivity contribution in [2.45, 2.75) is 25.7 Å². The summed E-state index contributed by atoms with van der Waals surface area (Å²) in [5.41, 5.74) is 1.94. The molecular formula is C16H22N2. The van der Waals surface area contributed by atoms with E-state index in [-0.39, 0.29) is 0 Å². The van der Waals surface area contributed by atoms with Crippen LogP contribution in [-0.4, -0.2) is 19.5 Å². The largest absolute Gasteiger partial charge is 0.309 e. The summed E-state index contributed by atoms with van der Waals surface area (Å²) < 4.78 is 0. The Labute approximate surface area is 110 Å². The van der Waals surface area contributed by atoms with Gasteiger partial charge in [-0.05, 0) is 48.8 Å². The quantitative estimate of drug-likeness (QED) is 0.413. The van der Waals surface area contributed by atoms with E-state index in [1.165, 1.54) is 19.1 Å². The van der Waals surface area contributed by atoms with Crippen LogP contribution < -0.4 is 0 Å². The molecule has 1 aliphatic carbocycles. The highest BCUT2D eigenvalue weighted by Crippen LogP contribution is 2.20. The van der Waals surface area contributed by atoms with Crippen LogP contribution in [0, 0.1) is 11.3 Å². The van der Waals surface area contributed by atoms with E-state index in [2.05, 4.69) is 35.9 Å². The zero-order chi connectivity index (χ0) is 13.2. The second-order valence-electron chi connectivity index (χ2n) is 4.45. The summed E-state index contributed by atoms with van der Waals surface area (Å²) in [4.78, 5) is 3.96. The lowest BCUT2D eigenvalue weighted by molar-refractivity contribution is 0.582. The SMILES string of the molecule is C=C(/C=N/C)/C(=C/C=N)CC=CC1CC=CCC1. The highest BCUT2D eigenvalue weighted by Gasteiger charge is 2.05. The Morgan fingerprint density at radius 2 is 2.33 bits per heavy atom. The molecule has 0 heterocycles. The average molecular weight is 242 g/mol. The van der Waals surface area contributed by atoms with Crippen LogP contribution in [0.4, 0.5) is 0 Å². The van der Waals surface area contributed by atoms with E-state index in [4.69, 9.17) is 5.41 Å². The van der Waals surface area contributed by atoms with Gasteiger partial charge in [-0.15, -0.1) is 0 Å². The van der Waals surface area contributed by atoms with Crippen molar-refractivity contribution in [3.63, 3.8) is 0 Å². The first-order valence-corrected chi connectivity index (χ1v) is 6.40. The molecule has 0 bridgehead atoms. The van der Waals surface area contributed by atoms with Gasteiger partial charge in [-0.25, -0.2) is 0 Å². The maximum atomic E-state index is 7.17. The Morgan fingerprint density at radius 1 is 1.50 bits per heavy atom.